The van der Waals surface area contributed by atoms with E-state index in [1.54, 1.807) is 6.20 Å². The number of H-pyrrole nitrogens is 1. The van der Waals surface area contributed by atoms with Gasteiger partial charge in [0.25, 0.3) is 5.91 Å². The number of fused-ring (bicyclic) bond motifs is 3. The van der Waals surface area contributed by atoms with E-state index in [4.69, 9.17) is 10.4 Å². The van der Waals surface area contributed by atoms with Gasteiger partial charge in [-0.05, 0) is 37.7 Å². The van der Waals surface area contributed by atoms with Crippen molar-refractivity contribution in [1.29, 1.82) is 5.26 Å². The molecular weight excluding hydrogens is 344 g/mol. The van der Waals surface area contributed by atoms with Crippen molar-refractivity contribution >= 4 is 28.0 Å². The van der Waals surface area contributed by atoms with Gasteiger partial charge < -0.3 is 20.0 Å². The summed E-state index contributed by atoms with van der Waals surface area (Å²) in [7, 11) is 0. The molecule has 0 unspecified atom stereocenters. The van der Waals surface area contributed by atoms with E-state index in [0.29, 0.717) is 23.7 Å². The molecule has 3 aromatic heterocycles. The van der Waals surface area contributed by atoms with E-state index >= 15 is 0 Å². The third-order valence-corrected chi connectivity index (χ3v) is 5.40. The van der Waals surface area contributed by atoms with E-state index in [9.17, 15) is 4.79 Å². The second kappa shape index (κ2) is 7.37. The van der Waals surface area contributed by atoms with Gasteiger partial charge >= 0.3 is 0 Å². The summed E-state index contributed by atoms with van der Waals surface area (Å²) >= 11 is 0. The van der Waals surface area contributed by atoms with Gasteiger partial charge in [0.2, 0.25) is 0 Å². The quantitative estimate of drug-likeness (QED) is 0.640. The summed E-state index contributed by atoms with van der Waals surface area (Å²) in [5, 5.41) is 21.6. The van der Waals surface area contributed by atoms with Crippen molar-refractivity contribution in [3.8, 4) is 6.07 Å². The lowest BCUT2D eigenvalue weighted by molar-refractivity contribution is 0.0926. The van der Waals surface area contributed by atoms with Crippen molar-refractivity contribution in [1.82, 2.24) is 24.8 Å². The number of aromatic amines is 1. The first-order valence-electron chi connectivity index (χ1n) is 9.33. The molecule has 0 spiro atoms. The van der Waals surface area contributed by atoms with Gasteiger partial charge in [-0.25, -0.2) is 9.97 Å². The van der Waals surface area contributed by atoms with Gasteiger partial charge in [-0.3, -0.25) is 4.79 Å². The average molecular weight is 366 g/mol. The molecule has 1 saturated carbocycles. The minimum atomic E-state index is -0.289. The Hall–Kier alpha value is -2.92. The van der Waals surface area contributed by atoms with Gasteiger partial charge in [0.1, 0.15) is 11.2 Å². The van der Waals surface area contributed by atoms with Crippen LogP contribution in [0.5, 0.6) is 0 Å². The Bertz CT molecular complexity index is 1010. The highest BCUT2D eigenvalue weighted by molar-refractivity contribution is 6.04. The summed E-state index contributed by atoms with van der Waals surface area (Å²) in [5.74, 6) is 0.502. The van der Waals surface area contributed by atoms with Gasteiger partial charge in [-0.15, -0.1) is 0 Å². The van der Waals surface area contributed by atoms with Crippen molar-refractivity contribution < 1.29 is 9.90 Å². The Labute approximate surface area is 156 Å². The number of carbonyl (C=O) groups is 1. The fourth-order valence-electron chi connectivity index (χ4n) is 4.09. The molecule has 0 radical (unpaired) electrons. The first-order chi connectivity index (χ1) is 13.2. The third kappa shape index (κ3) is 3.15. The molecule has 140 valence electrons. The lowest BCUT2D eigenvalue weighted by atomic mass is 9.84. The predicted octanol–water partition coefficient (Wildman–Crippen LogP) is 2.28. The minimum Gasteiger partial charge on any atom is -0.395 e. The molecule has 0 aromatic carbocycles. The third-order valence-electron chi connectivity index (χ3n) is 5.40. The molecule has 8 nitrogen and oxygen atoms in total. The van der Waals surface area contributed by atoms with Gasteiger partial charge in [0, 0.05) is 30.6 Å². The van der Waals surface area contributed by atoms with Gasteiger partial charge in [-0.2, -0.15) is 5.26 Å². The van der Waals surface area contributed by atoms with Crippen LogP contribution in [0, 0.1) is 17.2 Å². The summed E-state index contributed by atoms with van der Waals surface area (Å²) in [6, 6.07) is 4.38. The molecule has 1 fully saturated rings. The number of carbonyl (C=O) groups excluding carboxylic acids is 1. The van der Waals surface area contributed by atoms with Crippen LogP contribution in [0.25, 0.3) is 22.1 Å². The first-order valence-corrected chi connectivity index (χ1v) is 9.33. The lowest BCUT2D eigenvalue weighted by Crippen LogP contribution is -2.31. The predicted molar refractivity (Wildman–Crippen MR) is 100 cm³/mol. The van der Waals surface area contributed by atoms with E-state index in [2.05, 4.69) is 26.3 Å². The normalized spacial score (nSPS) is 20.0. The zero-order valence-corrected chi connectivity index (χ0v) is 15.0. The van der Waals surface area contributed by atoms with E-state index < -0.39 is 0 Å². The van der Waals surface area contributed by atoms with Crippen molar-refractivity contribution in [3.05, 3.63) is 24.3 Å². The van der Waals surface area contributed by atoms with Crippen LogP contribution in [0.15, 0.2) is 18.5 Å². The van der Waals surface area contributed by atoms with E-state index in [1.165, 1.54) is 0 Å². The smallest absolute Gasteiger partial charge is 0.287 e. The fraction of sp³-hybridized carbons (Fsp3) is 0.474. The number of nitrogens with zero attached hydrogens (tertiary/aromatic N) is 4. The van der Waals surface area contributed by atoms with E-state index in [1.807, 2.05) is 16.8 Å². The molecule has 3 N–H and O–H groups in total. The number of aliphatic hydroxyl groups is 1. The van der Waals surface area contributed by atoms with Crippen LogP contribution >= 0.6 is 0 Å². The van der Waals surface area contributed by atoms with Crippen LogP contribution in [0.1, 0.15) is 48.8 Å². The lowest BCUT2D eigenvalue weighted by Gasteiger charge is -2.29. The molecule has 0 bridgehead atoms. The number of nitrogens with one attached hydrogen (secondary N) is 2. The number of rotatable bonds is 5. The maximum absolute atomic E-state index is 12.7. The molecular formula is C19H22N6O2. The molecule has 0 atom stereocenters. The topological polar surface area (TPSA) is 120 Å². The molecule has 3 aromatic rings. The van der Waals surface area contributed by atoms with Crippen molar-refractivity contribution in [2.45, 2.75) is 38.1 Å². The molecule has 27 heavy (non-hydrogen) atoms. The van der Waals surface area contributed by atoms with Crippen molar-refractivity contribution in [3.63, 3.8) is 0 Å². The number of hydrogen-bond donors (Lipinski definition) is 3. The average Bonchev–Trinajstić information content (AvgIpc) is 3.31. The summed E-state index contributed by atoms with van der Waals surface area (Å²) < 4.78 is 2.04. The summed E-state index contributed by atoms with van der Waals surface area (Å²) in [4.78, 5) is 24.8. The molecule has 1 amide bonds. The second-order valence-electron chi connectivity index (χ2n) is 7.05. The van der Waals surface area contributed by atoms with Crippen LogP contribution in [0.2, 0.25) is 0 Å². The molecule has 4 rings (SSSR count). The van der Waals surface area contributed by atoms with Crippen molar-refractivity contribution in [2.24, 2.45) is 5.92 Å². The Morgan fingerprint density at radius 3 is 2.96 bits per heavy atom. The Kier molecular flexibility index (Phi) is 4.77. The number of pyridine rings is 1. The number of amides is 1. The number of hydrogen-bond acceptors (Lipinski definition) is 5. The molecule has 1 aliphatic rings. The standard InChI is InChI=1S/C19H22N6O2/c20-7-5-12-1-3-13(4-2-12)25-16-14-6-8-21-17(14)23-11-15(16)24-18(25)19(27)22-9-10-26/h6,8,11-13,26H,1-5,9-10H2,(H,21,23)(H,22,27)/t12-,13-. The molecule has 0 aliphatic heterocycles. The molecule has 8 heteroatoms. The van der Waals surface area contributed by atoms with E-state index in [-0.39, 0.29) is 25.1 Å². The van der Waals surface area contributed by atoms with Crippen LogP contribution in [-0.2, 0) is 0 Å². The number of aliphatic hydroxyl groups excluding tert-OH is 1. The van der Waals surface area contributed by atoms with Gasteiger partial charge in [-0.1, -0.05) is 0 Å². The van der Waals surface area contributed by atoms with Crippen molar-refractivity contribution in [2.75, 3.05) is 13.2 Å². The van der Waals surface area contributed by atoms with Crippen LogP contribution in [-0.4, -0.2) is 43.7 Å². The molecule has 3 heterocycles. The monoisotopic (exact) mass is 366 g/mol. The second-order valence-corrected chi connectivity index (χ2v) is 7.05. The highest BCUT2D eigenvalue weighted by Gasteiger charge is 2.29. The summed E-state index contributed by atoms with van der Waals surface area (Å²) in [6.07, 6.45) is 7.87. The van der Waals surface area contributed by atoms with E-state index in [0.717, 1.165) is 42.2 Å². The highest BCUT2D eigenvalue weighted by atomic mass is 16.3. The molecule has 0 saturated heterocycles. The Morgan fingerprint density at radius 1 is 1.41 bits per heavy atom. The highest BCUT2D eigenvalue weighted by Crippen LogP contribution is 2.37. The van der Waals surface area contributed by atoms with Crippen LogP contribution in [0.3, 0.4) is 0 Å². The zero-order chi connectivity index (χ0) is 18.8. The zero-order valence-electron chi connectivity index (χ0n) is 15.0. The van der Waals surface area contributed by atoms with Gasteiger partial charge in [0.15, 0.2) is 5.82 Å². The first kappa shape index (κ1) is 17.5. The largest absolute Gasteiger partial charge is 0.395 e. The maximum Gasteiger partial charge on any atom is 0.287 e. The SMILES string of the molecule is N#CC[C@H]1CC[C@H](n2c(C(=O)NCCO)nc3cnc4[nH]ccc4c32)CC1. The van der Waals surface area contributed by atoms with Gasteiger partial charge in [0.05, 0.1) is 24.4 Å². The van der Waals surface area contributed by atoms with Crippen LogP contribution in [0.4, 0.5) is 0 Å². The minimum absolute atomic E-state index is 0.116. The summed E-state index contributed by atoms with van der Waals surface area (Å²) in [5.41, 5.74) is 2.37. The fourth-order valence-corrected chi connectivity index (χ4v) is 4.09. The Balaban J connectivity index is 1.79. The van der Waals surface area contributed by atoms with Crippen LogP contribution < -0.4 is 5.32 Å². The number of imidazole rings is 1. The Morgan fingerprint density at radius 2 is 2.22 bits per heavy atom. The summed E-state index contributed by atoms with van der Waals surface area (Å²) in [6.45, 7) is 0.0730. The maximum atomic E-state index is 12.7. The number of nitriles is 1. The number of aromatic nitrogens is 4. The molecule has 1 aliphatic carbocycles.